The third-order valence-corrected chi connectivity index (χ3v) is 2.56. The third kappa shape index (κ3) is 2.85. The number of carbonyl (C=O) groups excluding carboxylic acids is 1. The SMILES string of the molecule is O=Cc1ccnc(Cc2ccc(F)cc2Cl)n1. The molecule has 0 amide bonds. The van der Waals surface area contributed by atoms with Gasteiger partial charge in [-0.2, -0.15) is 0 Å². The molecular formula is C12H8ClFN2O. The number of hydrogen-bond donors (Lipinski definition) is 0. The molecule has 1 aromatic carbocycles. The summed E-state index contributed by atoms with van der Waals surface area (Å²) in [4.78, 5) is 18.6. The summed E-state index contributed by atoms with van der Waals surface area (Å²) in [6.45, 7) is 0. The maximum absolute atomic E-state index is 12.8. The summed E-state index contributed by atoms with van der Waals surface area (Å²) in [7, 11) is 0. The predicted molar refractivity (Wildman–Crippen MR) is 61.6 cm³/mol. The van der Waals surface area contributed by atoms with Gasteiger partial charge >= 0.3 is 0 Å². The summed E-state index contributed by atoms with van der Waals surface area (Å²) >= 11 is 5.89. The number of aldehydes is 1. The van der Waals surface area contributed by atoms with Gasteiger partial charge in [-0.1, -0.05) is 17.7 Å². The molecule has 0 spiro atoms. The van der Waals surface area contributed by atoms with Crippen molar-refractivity contribution in [2.45, 2.75) is 6.42 Å². The van der Waals surface area contributed by atoms with E-state index >= 15 is 0 Å². The van der Waals surface area contributed by atoms with Crippen LogP contribution in [0.2, 0.25) is 5.02 Å². The number of aromatic nitrogens is 2. The van der Waals surface area contributed by atoms with Crippen molar-refractivity contribution in [3.63, 3.8) is 0 Å². The van der Waals surface area contributed by atoms with Gasteiger partial charge in [0.15, 0.2) is 6.29 Å². The first kappa shape index (κ1) is 11.7. The second-order valence-electron chi connectivity index (χ2n) is 3.43. The van der Waals surface area contributed by atoms with Gasteiger partial charge in [0.2, 0.25) is 0 Å². The lowest BCUT2D eigenvalue weighted by Gasteiger charge is -2.03. The van der Waals surface area contributed by atoms with Gasteiger partial charge < -0.3 is 0 Å². The summed E-state index contributed by atoms with van der Waals surface area (Å²) in [5.74, 6) is 0.0874. The molecule has 2 rings (SSSR count). The van der Waals surface area contributed by atoms with Gasteiger partial charge in [-0.05, 0) is 23.8 Å². The maximum atomic E-state index is 12.8. The lowest BCUT2D eigenvalue weighted by atomic mass is 10.1. The van der Waals surface area contributed by atoms with E-state index in [2.05, 4.69) is 9.97 Å². The zero-order chi connectivity index (χ0) is 12.3. The predicted octanol–water partition coefficient (Wildman–Crippen LogP) is 2.67. The van der Waals surface area contributed by atoms with Crippen molar-refractivity contribution in [2.24, 2.45) is 0 Å². The summed E-state index contributed by atoms with van der Waals surface area (Å²) in [6, 6.07) is 5.66. The number of carbonyl (C=O) groups is 1. The van der Waals surface area contributed by atoms with Crippen LogP contribution in [0.25, 0.3) is 0 Å². The molecule has 0 saturated carbocycles. The highest BCUT2D eigenvalue weighted by molar-refractivity contribution is 6.31. The number of nitrogens with zero attached hydrogens (tertiary/aromatic N) is 2. The number of hydrogen-bond acceptors (Lipinski definition) is 3. The molecule has 3 nitrogen and oxygen atoms in total. The average molecular weight is 251 g/mol. The van der Waals surface area contributed by atoms with Crippen LogP contribution in [0, 0.1) is 5.82 Å². The molecule has 2 aromatic rings. The topological polar surface area (TPSA) is 42.9 Å². The third-order valence-electron chi connectivity index (χ3n) is 2.21. The Balaban J connectivity index is 2.27. The highest BCUT2D eigenvalue weighted by Crippen LogP contribution is 2.19. The molecule has 0 saturated heterocycles. The molecular weight excluding hydrogens is 243 g/mol. The van der Waals surface area contributed by atoms with Gasteiger partial charge in [-0.25, -0.2) is 14.4 Å². The molecule has 17 heavy (non-hydrogen) atoms. The van der Waals surface area contributed by atoms with E-state index in [0.29, 0.717) is 29.2 Å². The van der Waals surface area contributed by atoms with Gasteiger partial charge in [0, 0.05) is 17.6 Å². The van der Waals surface area contributed by atoms with Crippen LogP contribution in [0.3, 0.4) is 0 Å². The van der Waals surface area contributed by atoms with Crippen LogP contribution in [0.5, 0.6) is 0 Å². The highest BCUT2D eigenvalue weighted by atomic mass is 35.5. The molecule has 0 radical (unpaired) electrons. The van der Waals surface area contributed by atoms with E-state index in [1.165, 1.54) is 24.4 Å². The highest BCUT2D eigenvalue weighted by Gasteiger charge is 2.05. The van der Waals surface area contributed by atoms with Gasteiger partial charge in [0.25, 0.3) is 0 Å². The lowest BCUT2D eigenvalue weighted by Crippen LogP contribution is -1.99. The summed E-state index contributed by atoms with van der Waals surface area (Å²) in [5.41, 5.74) is 1.03. The van der Waals surface area contributed by atoms with Crippen molar-refractivity contribution in [3.05, 3.63) is 58.4 Å². The van der Waals surface area contributed by atoms with E-state index < -0.39 is 0 Å². The Morgan fingerprint density at radius 2 is 2.18 bits per heavy atom. The van der Waals surface area contributed by atoms with Gasteiger partial charge in [-0.3, -0.25) is 4.79 Å². The van der Waals surface area contributed by atoms with Gasteiger partial charge in [0.1, 0.15) is 17.3 Å². The zero-order valence-electron chi connectivity index (χ0n) is 8.73. The summed E-state index contributed by atoms with van der Waals surface area (Å²) in [5, 5.41) is 0.324. The van der Waals surface area contributed by atoms with E-state index in [0.717, 1.165) is 5.56 Å². The van der Waals surface area contributed by atoms with Gasteiger partial charge in [-0.15, -0.1) is 0 Å². The van der Waals surface area contributed by atoms with E-state index in [4.69, 9.17) is 11.6 Å². The van der Waals surface area contributed by atoms with Crippen LogP contribution >= 0.6 is 11.6 Å². The smallest absolute Gasteiger partial charge is 0.168 e. The quantitative estimate of drug-likeness (QED) is 0.787. The van der Waals surface area contributed by atoms with Crippen molar-refractivity contribution < 1.29 is 9.18 Å². The number of rotatable bonds is 3. The minimum Gasteiger partial charge on any atom is -0.296 e. The molecule has 1 aromatic heterocycles. The largest absolute Gasteiger partial charge is 0.296 e. The van der Waals surface area contributed by atoms with Crippen molar-refractivity contribution in [3.8, 4) is 0 Å². The van der Waals surface area contributed by atoms with Crippen LogP contribution < -0.4 is 0 Å². The average Bonchev–Trinajstić information content (AvgIpc) is 2.33. The van der Waals surface area contributed by atoms with Crippen molar-refractivity contribution >= 4 is 17.9 Å². The Labute approximate surface area is 102 Å². The fourth-order valence-electron chi connectivity index (χ4n) is 1.40. The first-order chi connectivity index (χ1) is 8.19. The van der Waals surface area contributed by atoms with Crippen molar-refractivity contribution in [2.75, 3.05) is 0 Å². The summed E-state index contributed by atoms with van der Waals surface area (Å²) in [6.07, 6.45) is 2.52. The zero-order valence-corrected chi connectivity index (χ0v) is 9.49. The normalized spacial score (nSPS) is 10.2. The number of halogens is 2. The first-order valence-corrected chi connectivity index (χ1v) is 5.28. The molecule has 0 fully saturated rings. The molecule has 0 bridgehead atoms. The first-order valence-electron chi connectivity index (χ1n) is 4.90. The monoisotopic (exact) mass is 250 g/mol. The number of benzene rings is 1. The van der Waals surface area contributed by atoms with Crippen LogP contribution in [-0.4, -0.2) is 16.3 Å². The molecule has 0 atom stereocenters. The van der Waals surface area contributed by atoms with Gasteiger partial charge in [0.05, 0.1) is 0 Å². The molecule has 0 aliphatic rings. The van der Waals surface area contributed by atoms with Crippen LogP contribution in [-0.2, 0) is 6.42 Å². The van der Waals surface area contributed by atoms with Crippen LogP contribution in [0.1, 0.15) is 21.9 Å². The Bertz CT molecular complexity index is 560. The lowest BCUT2D eigenvalue weighted by molar-refractivity contribution is 0.111. The van der Waals surface area contributed by atoms with E-state index in [-0.39, 0.29) is 5.82 Å². The van der Waals surface area contributed by atoms with Crippen molar-refractivity contribution in [1.29, 1.82) is 0 Å². The second kappa shape index (κ2) is 5.01. The second-order valence-corrected chi connectivity index (χ2v) is 3.84. The minimum atomic E-state index is -0.388. The van der Waals surface area contributed by atoms with Crippen LogP contribution in [0.4, 0.5) is 4.39 Å². The molecule has 0 N–H and O–H groups in total. The van der Waals surface area contributed by atoms with E-state index in [1.54, 1.807) is 6.07 Å². The Kier molecular flexibility index (Phi) is 3.44. The molecule has 0 aliphatic carbocycles. The molecule has 5 heteroatoms. The minimum absolute atomic E-state index is 0.313. The fourth-order valence-corrected chi connectivity index (χ4v) is 1.64. The Hall–Kier alpha value is -1.81. The maximum Gasteiger partial charge on any atom is 0.168 e. The Morgan fingerprint density at radius 3 is 2.88 bits per heavy atom. The van der Waals surface area contributed by atoms with E-state index in [9.17, 15) is 9.18 Å². The standard InChI is InChI=1S/C12H8ClFN2O/c13-11-6-9(14)2-1-8(11)5-12-15-4-3-10(7-17)16-12/h1-4,6-7H,5H2. The molecule has 86 valence electrons. The Morgan fingerprint density at radius 1 is 1.35 bits per heavy atom. The van der Waals surface area contributed by atoms with E-state index in [1.807, 2.05) is 0 Å². The molecule has 0 unspecified atom stereocenters. The summed E-state index contributed by atoms with van der Waals surface area (Å²) < 4.78 is 12.8. The van der Waals surface area contributed by atoms with Crippen LogP contribution in [0.15, 0.2) is 30.5 Å². The molecule has 1 heterocycles. The molecule has 0 aliphatic heterocycles. The fraction of sp³-hybridized carbons (Fsp3) is 0.0833. The van der Waals surface area contributed by atoms with Crippen molar-refractivity contribution in [1.82, 2.24) is 9.97 Å².